The zero-order valence-electron chi connectivity index (χ0n) is 37.8. The van der Waals surface area contributed by atoms with Crippen LogP contribution in [0.4, 0.5) is 17.1 Å². The number of para-hydroxylation sites is 2. The van der Waals surface area contributed by atoms with Gasteiger partial charge in [0.25, 0.3) is 0 Å². The van der Waals surface area contributed by atoms with Crippen molar-refractivity contribution in [3.05, 3.63) is 222 Å². The fraction of sp³-hybridized carbons (Fsp3) is 0.0938. The molecule has 0 N–H and O–H groups in total. The number of furan rings is 2. The summed E-state index contributed by atoms with van der Waals surface area (Å²) in [7, 11) is 0. The van der Waals surface area contributed by atoms with Crippen LogP contribution >= 0.6 is 0 Å². The summed E-state index contributed by atoms with van der Waals surface area (Å²) in [6.45, 7) is 9.41. The van der Waals surface area contributed by atoms with Crippen LogP contribution in [0.3, 0.4) is 0 Å². The first kappa shape index (κ1) is 38.2. The highest BCUT2D eigenvalue weighted by Crippen LogP contribution is 2.53. The molecule has 318 valence electrons. The number of nitrogens with zero attached hydrogens (tertiary/aromatic N) is 1. The van der Waals surface area contributed by atoms with E-state index in [1.807, 2.05) is 12.1 Å². The van der Waals surface area contributed by atoms with E-state index in [4.69, 9.17) is 8.83 Å². The largest absolute Gasteiger partial charge is 0.455 e. The highest BCUT2D eigenvalue weighted by Gasteiger charge is 2.37. The predicted octanol–water partition coefficient (Wildman–Crippen LogP) is 18.1. The molecule has 0 radical (unpaired) electrons. The summed E-state index contributed by atoms with van der Waals surface area (Å²) in [5.41, 5.74) is 21.7. The first-order chi connectivity index (χ1) is 32.7. The summed E-state index contributed by atoms with van der Waals surface area (Å²) in [6, 6.07) is 73.3. The third-order valence-corrected chi connectivity index (χ3v) is 15.3. The molecule has 0 bridgehead atoms. The topological polar surface area (TPSA) is 29.5 Å². The van der Waals surface area contributed by atoms with Crippen LogP contribution in [-0.2, 0) is 10.8 Å². The Hall–Kier alpha value is -8.14. The molecule has 2 aliphatic carbocycles. The Bertz CT molecular complexity index is 4050. The fourth-order valence-electron chi connectivity index (χ4n) is 11.9. The van der Waals surface area contributed by atoms with Crippen LogP contribution in [0, 0.1) is 0 Å². The van der Waals surface area contributed by atoms with Gasteiger partial charge in [-0.1, -0.05) is 167 Å². The molecule has 67 heavy (non-hydrogen) atoms. The van der Waals surface area contributed by atoms with E-state index in [9.17, 15) is 0 Å². The van der Waals surface area contributed by atoms with E-state index in [1.54, 1.807) is 0 Å². The second-order valence-electron chi connectivity index (χ2n) is 19.6. The molecule has 2 aromatic heterocycles. The van der Waals surface area contributed by atoms with E-state index in [1.165, 1.54) is 60.8 Å². The maximum Gasteiger partial charge on any atom is 0.143 e. The maximum absolute atomic E-state index is 7.04. The highest BCUT2D eigenvalue weighted by molar-refractivity contribution is 6.19. The van der Waals surface area contributed by atoms with E-state index in [-0.39, 0.29) is 10.8 Å². The van der Waals surface area contributed by atoms with Crippen molar-refractivity contribution in [2.24, 2.45) is 0 Å². The number of hydrogen-bond acceptors (Lipinski definition) is 3. The Morgan fingerprint density at radius 3 is 1.64 bits per heavy atom. The molecular weight excluding hydrogens is 815 g/mol. The summed E-state index contributed by atoms with van der Waals surface area (Å²) in [5.74, 6) is 0. The molecule has 10 aromatic carbocycles. The summed E-state index contributed by atoms with van der Waals surface area (Å²) in [5, 5.41) is 6.82. The van der Waals surface area contributed by atoms with Crippen molar-refractivity contribution in [3.8, 4) is 44.5 Å². The highest BCUT2D eigenvalue weighted by atomic mass is 16.3. The Morgan fingerprint density at radius 1 is 0.328 bits per heavy atom. The predicted molar refractivity (Wildman–Crippen MR) is 279 cm³/mol. The lowest BCUT2D eigenvalue weighted by Gasteiger charge is -2.28. The molecule has 2 aliphatic rings. The van der Waals surface area contributed by atoms with Crippen molar-refractivity contribution in [2.75, 3.05) is 4.90 Å². The molecule has 0 spiro atoms. The molecule has 0 saturated heterocycles. The monoisotopic (exact) mass is 859 g/mol. The van der Waals surface area contributed by atoms with Gasteiger partial charge in [-0.15, -0.1) is 0 Å². The van der Waals surface area contributed by atoms with Gasteiger partial charge in [0.15, 0.2) is 0 Å². The lowest BCUT2D eigenvalue weighted by atomic mass is 9.81. The molecule has 0 aliphatic heterocycles. The van der Waals surface area contributed by atoms with E-state index < -0.39 is 0 Å². The van der Waals surface area contributed by atoms with E-state index >= 15 is 0 Å². The van der Waals surface area contributed by atoms with Crippen molar-refractivity contribution >= 4 is 71.7 Å². The molecule has 0 fully saturated rings. The van der Waals surface area contributed by atoms with Gasteiger partial charge in [-0.3, -0.25) is 0 Å². The van der Waals surface area contributed by atoms with E-state index in [0.717, 1.165) is 77.6 Å². The van der Waals surface area contributed by atoms with Crippen LogP contribution in [0.1, 0.15) is 49.9 Å². The van der Waals surface area contributed by atoms with Gasteiger partial charge in [0.05, 0.1) is 0 Å². The molecule has 0 saturated carbocycles. The summed E-state index contributed by atoms with van der Waals surface area (Å²) >= 11 is 0. The smallest absolute Gasteiger partial charge is 0.143 e. The summed E-state index contributed by atoms with van der Waals surface area (Å²) in [6.07, 6.45) is 0. The van der Waals surface area contributed by atoms with Crippen LogP contribution in [0.15, 0.2) is 209 Å². The van der Waals surface area contributed by atoms with Crippen LogP contribution in [0.5, 0.6) is 0 Å². The number of benzene rings is 10. The molecule has 0 amide bonds. The molecule has 3 heteroatoms. The number of fused-ring (bicyclic) bond motifs is 13. The molecule has 3 nitrogen and oxygen atoms in total. The Balaban J connectivity index is 0.951. The lowest BCUT2D eigenvalue weighted by molar-refractivity contribution is 0.660. The molecule has 0 atom stereocenters. The third-order valence-electron chi connectivity index (χ3n) is 15.3. The number of rotatable bonds is 5. The van der Waals surface area contributed by atoms with E-state index in [2.05, 4.69) is 221 Å². The van der Waals surface area contributed by atoms with Crippen LogP contribution < -0.4 is 4.90 Å². The van der Waals surface area contributed by atoms with Gasteiger partial charge in [0.2, 0.25) is 0 Å². The van der Waals surface area contributed by atoms with Crippen LogP contribution in [0.25, 0.3) is 99.2 Å². The molecule has 14 rings (SSSR count). The normalized spacial score (nSPS) is 14.2. The number of hydrogen-bond donors (Lipinski definition) is 0. The van der Waals surface area contributed by atoms with Crippen molar-refractivity contribution in [3.63, 3.8) is 0 Å². The fourth-order valence-corrected chi connectivity index (χ4v) is 11.9. The van der Waals surface area contributed by atoms with Gasteiger partial charge in [0.1, 0.15) is 22.3 Å². The minimum absolute atomic E-state index is 0.119. The van der Waals surface area contributed by atoms with Crippen molar-refractivity contribution in [2.45, 2.75) is 38.5 Å². The van der Waals surface area contributed by atoms with Gasteiger partial charge in [-0.25, -0.2) is 0 Å². The van der Waals surface area contributed by atoms with Gasteiger partial charge in [-0.05, 0) is 127 Å². The first-order valence-electron chi connectivity index (χ1n) is 23.4. The van der Waals surface area contributed by atoms with Crippen molar-refractivity contribution in [1.82, 2.24) is 0 Å². The lowest BCUT2D eigenvalue weighted by Crippen LogP contribution is -2.16. The molecule has 2 heterocycles. The average molecular weight is 860 g/mol. The second-order valence-corrected chi connectivity index (χ2v) is 19.6. The minimum atomic E-state index is -0.152. The Labute approximate surface area is 389 Å². The third kappa shape index (κ3) is 5.40. The SMILES string of the molecule is CC1(C)c2ccccc2-c2ccc(-c3c4ccccc4cc4c3oc3ccc(N(c5ccc(-c6cccc7c6oc6ccccc67)cc5)c5ccc6c(c5)C(C)(C)c5ccccc5-6)cc34)cc21. The Morgan fingerprint density at radius 2 is 0.866 bits per heavy atom. The zero-order chi connectivity index (χ0) is 44.8. The molecular formula is C64H45NO2. The van der Waals surface area contributed by atoms with Crippen molar-refractivity contribution in [1.29, 1.82) is 0 Å². The first-order valence-corrected chi connectivity index (χ1v) is 23.4. The molecule has 0 unspecified atom stereocenters. The second kappa shape index (κ2) is 13.7. The van der Waals surface area contributed by atoms with Gasteiger partial charge in [0, 0.05) is 60.6 Å². The van der Waals surface area contributed by atoms with Gasteiger partial charge >= 0.3 is 0 Å². The summed E-state index contributed by atoms with van der Waals surface area (Å²) in [4.78, 5) is 2.41. The van der Waals surface area contributed by atoms with Gasteiger partial charge < -0.3 is 13.7 Å². The van der Waals surface area contributed by atoms with Gasteiger partial charge in [-0.2, -0.15) is 0 Å². The standard InChI is InChI=1S/C64H45NO2/c1-63(2)54-21-10-7-16-46(54)48-31-26-40(35-56(48)63)60-44-15-6-5-14-39(44)34-53-52-36-42(30-33-59(52)67-62(53)60)65(43-29-32-49-47-17-8-11-22-55(47)64(3,4)57(49)37-43)41-27-24-38(25-28-41)45-19-13-20-51-50-18-9-12-23-58(50)66-61(45)51/h5-37H,1-4H3. The quantitative estimate of drug-likeness (QED) is 0.173. The average Bonchev–Trinajstić information content (AvgIpc) is 4.06. The summed E-state index contributed by atoms with van der Waals surface area (Å²) < 4.78 is 13.5. The van der Waals surface area contributed by atoms with E-state index in [0.29, 0.717) is 0 Å². The van der Waals surface area contributed by atoms with Crippen LogP contribution in [0.2, 0.25) is 0 Å². The number of anilines is 3. The van der Waals surface area contributed by atoms with Crippen molar-refractivity contribution < 1.29 is 8.83 Å². The zero-order valence-corrected chi connectivity index (χ0v) is 37.8. The minimum Gasteiger partial charge on any atom is -0.455 e. The maximum atomic E-state index is 7.04. The molecule has 12 aromatic rings. The van der Waals surface area contributed by atoms with Crippen LogP contribution in [-0.4, -0.2) is 0 Å². The Kier molecular flexibility index (Phi) is 7.80.